The van der Waals surface area contributed by atoms with Crippen LogP contribution in [0.15, 0.2) is 24.3 Å². The standard InChI is InChI=1S/C14H23N/c1-4-6-12(5-2)14(15)13-9-7-11(3)8-10-13/h7-10,12,14H,4-6,15H2,1-3H3. The number of rotatable bonds is 5. The van der Waals surface area contributed by atoms with Crippen molar-refractivity contribution in [1.82, 2.24) is 0 Å². The Morgan fingerprint density at radius 2 is 1.73 bits per heavy atom. The van der Waals surface area contributed by atoms with Gasteiger partial charge in [0, 0.05) is 6.04 Å². The summed E-state index contributed by atoms with van der Waals surface area (Å²) in [6, 6.07) is 8.83. The second-order valence-corrected chi connectivity index (χ2v) is 4.39. The zero-order valence-electron chi connectivity index (χ0n) is 10.2. The van der Waals surface area contributed by atoms with Crippen molar-refractivity contribution in [3.8, 4) is 0 Å². The first kappa shape index (κ1) is 12.3. The van der Waals surface area contributed by atoms with Crippen LogP contribution in [-0.2, 0) is 0 Å². The van der Waals surface area contributed by atoms with Crippen LogP contribution in [0.3, 0.4) is 0 Å². The molecule has 1 aromatic carbocycles. The van der Waals surface area contributed by atoms with Crippen LogP contribution < -0.4 is 5.73 Å². The first-order chi connectivity index (χ1) is 7.19. The molecular weight excluding hydrogens is 182 g/mol. The minimum absolute atomic E-state index is 0.204. The van der Waals surface area contributed by atoms with E-state index < -0.39 is 0 Å². The van der Waals surface area contributed by atoms with E-state index in [0.717, 1.165) is 0 Å². The van der Waals surface area contributed by atoms with Gasteiger partial charge in [0.1, 0.15) is 0 Å². The van der Waals surface area contributed by atoms with Crippen molar-refractivity contribution < 1.29 is 0 Å². The van der Waals surface area contributed by atoms with Gasteiger partial charge in [0.15, 0.2) is 0 Å². The molecule has 0 saturated carbocycles. The van der Waals surface area contributed by atoms with Gasteiger partial charge in [0.25, 0.3) is 0 Å². The van der Waals surface area contributed by atoms with Crippen molar-refractivity contribution in [3.05, 3.63) is 35.4 Å². The second kappa shape index (κ2) is 5.92. The molecule has 0 aromatic heterocycles. The molecular formula is C14H23N. The number of aryl methyl sites for hydroxylation is 1. The lowest BCUT2D eigenvalue weighted by atomic mass is 9.88. The van der Waals surface area contributed by atoms with Gasteiger partial charge in [-0.05, 0) is 24.8 Å². The molecule has 2 unspecified atom stereocenters. The topological polar surface area (TPSA) is 26.0 Å². The molecule has 15 heavy (non-hydrogen) atoms. The number of hydrogen-bond donors (Lipinski definition) is 1. The average Bonchev–Trinajstić information content (AvgIpc) is 2.26. The summed E-state index contributed by atoms with van der Waals surface area (Å²) in [5.41, 5.74) is 8.86. The van der Waals surface area contributed by atoms with Gasteiger partial charge in [-0.15, -0.1) is 0 Å². The highest BCUT2D eigenvalue weighted by atomic mass is 14.6. The first-order valence-corrected chi connectivity index (χ1v) is 6.01. The van der Waals surface area contributed by atoms with Crippen LogP contribution in [0.1, 0.15) is 50.3 Å². The Hall–Kier alpha value is -0.820. The number of hydrogen-bond acceptors (Lipinski definition) is 1. The molecule has 0 heterocycles. The van der Waals surface area contributed by atoms with Crippen molar-refractivity contribution in [2.45, 2.75) is 46.1 Å². The largest absolute Gasteiger partial charge is 0.324 e. The Bertz CT molecular complexity index is 276. The molecule has 1 aromatic rings. The Labute approximate surface area is 93.7 Å². The molecule has 0 aliphatic carbocycles. The van der Waals surface area contributed by atoms with E-state index in [1.165, 1.54) is 30.4 Å². The zero-order valence-corrected chi connectivity index (χ0v) is 10.2. The molecule has 0 aliphatic heterocycles. The van der Waals surface area contributed by atoms with Crippen LogP contribution in [0.5, 0.6) is 0 Å². The number of benzene rings is 1. The van der Waals surface area contributed by atoms with Gasteiger partial charge < -0.3 is 5.73 Å². The minimum Gasteiger partial charge on any atom is -0.324 e. The van der Waals surface area contributed by atoms with Crippen LogP contribution in [0.4, 0.5) is 0 Å². The van der Waals surface area contributed by atoms with E-state index >= 15 is 0 Å². The second-order valence-electron chi connectivity index (χ2n) is 4.39. The zero-order chi connectivity index (χ0) is 11.3. The molecule has 0 bridgehead atoms. The highest BCUT2D eigenvalue weighted by Gasteiger charge is 2.16. The molecule has 2 N–H and O–H groups in total. The van der Waals surface area contributed by atoms with E-state index in [9.17, 15) is 0 Å². The van der Waals surface area contributed by atoms with Crippen molar-refractivity contribution in [3.63, 3.8) is 0 Å². The summed E-state index contributed by atoms with van der Waals surface area (Å²) in [6.07, 6.45) is 3.62. The Kier molecular flexibility index (Phi) is 4.83. The quantitative estimate of drug-likeness (QED) is 0.777. The van der Waals surface area contributed by atoms with Crippen LogP contribution >= 0.6 is 0 Å². The molecule has 0 saturated heterocycles. The maximum absolute atomic E-state index is 6.29. The summed E-state index contributed by atoms with van der Waals surface area (Å²) in [6.45, 7) is 6.57. The fourth-order valence-electron chi connectivity index (χ4n) is 2.07. The summed E-state index contributed by atoms with van der Waals surface area (Å²) in [4.78, 5) is 0. The fourth-order valence-corrected chi connectivity index (χ4v) is 2.07. The molecule has 2 atom stereocenters. The van der Waals surface area contributed by atoms with E-state index in [2.05, 4.69) is 45.0 Å². The molecule has 0 spiro atoms. The van der Waals surface area contributed by atoms with Crippen molar-refractivity contribution >= 4 is 0 Å². The van der Waals surface area contributed by atoms with E-state index in [1.54, 1.807) is 0 Å². The smallest absolute Gasteiger partial charge is 0.0323 e. The first-order valence-electron chi connectivity index (χ1n) is 6.01. The predicted octanol–water partition coefficient (Wildman–Crippen LogP) is 3.82. The van der Waals surface area contributed by atoms with Gasteiger partial charge in [0.05, 0.1) is 0 Å². The van der Waals surface area contributed by atoms with Crippen LogP contribution in [0, 0.1) is 12.8 Å². The van der Waals surface area contributed by atoms with Crippen molar-refractivity contribution in [1.29, 1.82) is 0 Å². The third kappa shape index (κ3) is 3.35. The third-order valence-electron chi connectivity index (χ3n) is 3.15. The highest BCUT2D eigenvalue weighted by Crippen LogP contribution is 2.26. The lowest BCUT2D eigenvalue weighted by Gasteiger charge is -2.22. The molecule has 1 heteroatoms. The van der Waals surface area contributed by atoms with Crippen molar-refractivity contribution in [2.75, 3.05) is 0 Å². The molecule has 0 amide bonds. The normalized spacial score (nSPS) is 14.9. The Balaban J connectivity index is 2.73. The van der Waals surface area contributed by atoms with Gasteiger partial charge in [-0.25, -0.2) is 0 Å². The van der Waals surface area contributed by atoms with Gasteiger partial charge >= 0.3 is 0 Å². The molecule has 1 nitrogen and oxygen atoms in total. The summed E-state index contributed by atoms with van der Waals surface area (Å²) < 4.78 is 0. The van der Waals surface area contributed by atoms with Gasteiger partial charge in [-0.2, -0.15) is 0 Å². The predicted molar refractivity (Wildman–Crippen MR) is 66.8 cm³/mol. The van der Waals surface area contributed by atoms with Gasteiger partial charge in [-0.1, -0.05) is 56.5 Å². The van der Waals surface area contributed by atoms with E-state index in [-0.39, 0.29) is 6.04 Å². The lowest BCUT2D eigenvalue weighted by molar-refractivity contribution is 0.386. The molecule has 0 radical (unpaired) electrons. The van der Waals surface area contributed by atoms with Gasteiger partial charge in [0.2, 0.25) is 0 Å². The molecule has 0 fully saturated rings. The van der Waals surface area contributed by atoms with Crippen LogP contribution in [0.2, 0.25) is 0 Å². The fraction of sp³-hybridized carbons (Fsp3) is 0.571. The monoisotopic (exact) mass is 205 g/mol. The highest BCUT2D eigenvalue weighted by molar-refractivity contribution is 5.24. The van der Waals surface area contributed by atoms with E-state index in [1.807, 2.05) is 0 Å². The maximum atomic E-state index is 6.29. The molecule has 0 aliphatic rings. The van der Waals surface area contributed by atoms with Crippen molar-refractivity contribution in [2.24, 2.45) is 11.7 Å². The summed E-state index contributed by atoms with van der Waals surface area (Å²) >= 11 is 0. The summed E-state index contributed by atoms with van der Waals surface area (Å²) in [7, 11) is 0. The SMILES string of the molecule is CCCC(CC)C(N)c1ccc(C)cc1. The third-order valence-corrected chi connectivity index (χ3v) is 3.15. The molecule has 84 valence electrons. The van der Waals surface area contributed by atoms with Gasteiger partial charge in [-0.3, -0.25) is 0 Å². The lowest BCUT2D eigenvalue weighted by Crippen LogP contribution is -2.20. The average molecular weight is 205 g/mol. The molecule has 1 rings (SSSR count). The summed E-state index contributed by atoms with van der Waals surface area (Å²) in [5, 5.41) is 0. The van der Waals surface area contributed by atoms with Crippen LogP contribution in [0.25, 0.3) is 0 Å². The number of nitrogens with two attached hydrogens (primary N) is 1. The maximum Gasteiger partial charge on any atom is 0.0323 e. The van der Waals surface area contributed by atoms with E-state index in [4.69, 9.17) is 5.73 Å². The summed E-state index contributed by atoms with van der Waals surface area (Å²) in [5.74, 6) is 0.623. The Morgan fingerprint density at radius 3 is 2.20 bits per heavy atom. The Morgan fingerprint density at radius 1 is 1.13 bits per heavy atom. The van der Waals surface area contributed by atoms with E-state index in [0.29, 0.717) is 5.92 Å². The minimum atomic E-state index is 0.204. The van der Waals surface area contributed by atoms with Crippen LogP contribution in [-0.4, -0.2) is 0 Å².